The average Bonchev–Trinajstić information content (AvgIpc) is 2.97. The lowest BCUT2D eigenvalue weighted by molar-refractivity contribution is -0.0182. The molecule has 0 aliphatic carbocycles. The summed E-state index contributed by atoms with van der Waals surface area (Å²) in [7, 11) is 2.13. The van der Waals surface area contributed by atoms with Gasteiger partial charge in [0.1, 0.15) is 6.26 Å². The van der Waals surface area contributed by atoms with E-state index in [9.17, 15) is 0 Å². The van der Waals surface area contributed by atoms with E-state index in [-0.39, 0.29) is 6.10 Å². The molecule has 1 N–H and O–H groups in total. The summed E-state index contributed by atoms with van der Waals surface area (Å²) in [5.41, 5.74) is 3.16. The van der Waals surface area contributed by atoms with Gasteiger partial charge in [0.15, 0.2) is 0 Å². The Bertz CT molecular complexity index is 594. The summed E-state index contributed by atoms with van der Waals surface area (Å²) in [5, 5.41) is 3.39. The standard InChI is InChI=1S/C17H23N3O2/c1-13-3-5-14(6-4-13)17-19-15(12-22-17)9-18-10-16-11-20(2)7-8-21-16/h3-6,12,16,18H,7-11H2,1-2H3. The van der Waals surface area contributed by atoms with Crippen molar-refractivity contribution < 1.29 is 9.15 Å². The van der Waals surface area contributed by atoms with E-state index in [4.69, 9.17) is 9.15 Å². The van der Waals surface area contributed by atoms with Crippen LogP contribution in [0.1, 0.15) is 11.3 Å². The highest BCUT2D eigenvalue weighted by molar-refractivity contribution is 5.53. The molecule has 2 heterocycles. The van der Waals surface area contributed by atoms with Gasteiger partial charge in [0.25, 0.3) is 0 Å². The minimum Gasteiger partial charge on any atom is -0.444 e. The molecule has 1 aliphatic heterocycles. The van der Waals surface area contributed by atoms with Crippen LogP contribution in [0.5, 0.6) is 0 Å². The van der Waals surface area contributed by atoms with Gasteiger partial charge in [-0.05, 0) is 26.1 Å². The first-order valence-corrected chi connectivity index (χ1v) is 7.73. The number of aryl methyl sites for hydroxylation is 1. The maximum Gasteiger partial charge on any atom is 0.226 e. The van der Waals surface area contributed by atoms with Crippen molar-refractivity contribution in [2.45, 2.75) is 19.6 Å². The minimum atomic E-state index is 0.252. The summed E-state index contributed by atoms with van der Waals surface area (Å²) >= 11 is 0. The zero-order valence-corrected chi connectivity index (χ0v) is 13.2. The number of ether oxygens (including phenoxy) is 1. The minimum absolute atomic E-state index is 0.252. The number of aromatic nitrogens is 1. The Balaban J connectivity index is 1.50. The van der Waals surface area contributed by atoms with Crippen molar-refractivity contribution in [1.82, 2.24) is 15.2 Å². The molecule has 0 amide bonds. The van der Waals surface area contributed by atoms with E-state index in [0.717, 1.165) is 37.5 Å². The molecule has 1 saturated heterocycles. The number of nitrogens with zero attached hydrogens (tertiary/aromatic N) is 2. The first kappa shape index (κ1) is 15.2. The van der Waals surface area contributed by atoms with Crippen LogP contribution in [0, 0.1) is 6.92 Å². The zero-order valence-electron chi connectivity index (χ0n) is 13.2. The molecule has 0 bridgehead atoms. The van der Waals surface area contributed by atoms with Gasteiger partial charge in [-0.2, -0.15) is 0 Å². The third-order valence-corrected chi connectivity index (χ3v) is 3.87. The molecule has 3 rings (SSSR count). The molecule has 0 radical (unpaired) electrons. The summed E-state index contributed by atoms with van der Waals surface area (Å²) < 4.78 is 11.3. The zero-order chi connectivity index (χ0) is 15.4. The van der Waals surface area contributed by atoms with Gasteiger partial charge in [-0.15, -0.1) is 0 Å². The van der Waals surface area contributed by atoms with Gasteiger partial charge in [-0.25, -0.2) is 4.98 Å². The Morgan fingerprint density at radius 2 is 2.14 bits per heavy atom. The van der Waals surface area contributed by atoms with Crippen molar-refractivity contribution >= 4 is 0 Å². The predicted octanol–water partition coefficient (Wildman–Crippen LogP) is 2.07. The lowest BCUT2D eigenvalue weighted by Crippen LogP contribution is -2.44. The van der Waals surface area contributed by atoms with Crippen LogP contribution in [0.25, 0.3) is 11.5 Å². The van der Waals surface area contributed by atoms with Crippen molar-refractivity contribution in [3.05, 3.63) is 41.8 Å². The Hall–Kier alpha value is -1.69. The van der Waals surface area contributed by atoms with Crippen LogP contribution in [-0.2, 0) is 11.3 Å². The van der Waals surface area contributed by atoms with E-state index >= 15 is 0 Å². The summed E-state index contributed by atoms with van der Waals surface area (Å²) in [6, 6.07) is 8.19. The van der Waals surface area contributed by atoms with E-state index < -0.39 is 0 Å². The molecule has 1 aromatic carbocycles. The van der Waals surface area contributed by atoms with Gasteiger partial charge in [-0.1, -0.05) is 17.7 Å². The fraction of sp³-hybridized carbons (Fsp3) is 0.471. The number of likely N-dealkylation sites (N-methyl/N-ethyl adjacent to an activating group) is 1. The largest absolute Gasteiger partial charge is 0.444 e. The van der Waals surface area contributed by atoms with Crippen molar-refractivity contribution in [2.75, 3.05) is 33.3 Å². The number of nitrogens with one attached hydrogen (secondary N) is 1. The molecule has 5 nitrogen and oxygen atoms in total. The van der Waals surface area contributed by atoms with Gasteiger partial charge < -0.3 is 19.4 Å². The lowest BCUT2D eigenvalue weighted by atomic mass is 10.1. The molecule has 2 aromatic rings. The normalized spacial score (nSPS) is 19.5. The molecule has 1 unspecified atom stereocenters. The van der Waals surface area contributed by atoms with Crippen LogP contribution in [0.15, 0.2) is 34.9 Å². The Morgan fingerprint density at radius 3 is 2.91 bits per heavy atom. The van der Waals surface area contributed by atoms with Crippen LogP contribution < -0.4 is 5.32 Å². The highest BCUT2D eigenvalue weighted by Gasteiger charge is 2.17. The molecule has 1 atom stereocenters. The average molecular weight is 301 g/mol. The van der Waals surface area contributed by atoms with Gasteiger partial charge in [0.2, 0.25) is 5.89 Å². The third-order valence-electron chi connectivity index (χ3n) is 3.87. The second-order valence-corrected chi connectivity index (χ2v) is 5.90. The molecule has 1 aliphatic rings. The summed E-state index contributed by atoms with van der Waals surface area (Å²) in [4.78, 5) is 6.82. The first-order valence-electron chi connectivity index (χ1n) is 7.73. The maximum absolute atomic E-state index is 5.72. The summed E-state index contributed by atoms with van der Waals surface area (Å²) in [6.45, 7) is 6.39. The Morgan fingerprint density at radius 1 is 1.32 bits per heavy atom. The summed E-state index contributed by atoms with van der Waals surface area (Å²) in [5.74, 6) is 0.672. The van der Waals surface area contributed by atoms with E-state index in [1.54, 1.807) is 6.26 Å². The SMILES string of the molecule is Cc1ccc(-c2nc(CNCC3CN(C)CCO3)co2)cc1. The number of hydrogen-bond donors (Lipinski definition) is 1. The van der Waals surface area contributed by atoms with E-state index in [1.165, 1.54) is 5.56 Å². The topological polar surface area (TPSA) is 50.5 Å². The first-order chi connectivity index (χ1) is 10.7. The van der Waals surface area contributed by atoms with Crippen LogP contribution in [0.4, 0.5) is 0 Å². The van der Waals surface area contributed by atoms with Crippen molar-refractivity contribution in [1.29, 1.82) is 0 Å². The Kier molecular flexibility index (Phi) is 4.87. The molecular formula is C17H23N3O2. The van der Waals surface area contributed by atoms with E-state index in [1.807, 2.05) is 12.1 Å². The quantitative estimate of drug-likeness (QED) is 0.916. The van der Waals surface area contributed by atoms with Gasteiger partial charge in [0.05, 0.1) is 18.4 Å². The fourth-order valence-electron chi connectivity index (χ4n) is 2.57. The van der Waals surface area contributed by atoms with Crippen LogP contribution in [0.3, 0.4) is 0 Å². The molecule has 5 heteroatoms. The predicted molar refractivity (Wildman–Crippen MR) is 85.6 cm³/mol. The van der Waals surface area contributed by atoms with Crippen LogP contribution in [-0.4, -0.2) is 49.3 Å². The van der Waals surface area contributed by atoms with Crippen LogP contribution >= 0.6 is 0 Å². The Labute approximate surface area is 131 Å². The van der Waals surface area contributed by atoms with Crippen molar-refractivity contribution in [3.8, 4) is 11.5 Å². The van der Waals surface area contributed by atoms with Crippen LogP contribution in [0.2, 0.25) is 0 Å². The number of hydrogen-bond acceptors (Lipinski definition) is 5. The van der Waals surface area contributed by atoms with Gasteiger partial charge in [0, 0.05) is 31.7 Å². The second kappa shape index (κ2) is 7.05. The molecule has 0 spiro atoms. The maximum atomic E-state index is 5.72. The van der Waals surface area contributed by atoms with Gasteiger partial charge >= 0.3 is 0 Å². The molecular weight excluding hydrogens is 278 g/mol. The molecule has 22 heavy (non-hydrogen) atoms. The number of rotatable bonds is 5. The molecule has 118 valence electrons. The van der Waals surface area contributed by atoms with E-state index in [2.05, 4.69) is 41.3 Å². The molecule has 1 fully saturated rings. The van der Waals surface area contributed by atoms with Gasteiger partial charge in [-0.3, -0.25) is 0 Å². The molecule has 1 aromatic heterocycles. The van der Waals surface area contributed by atoms with Crippen molar-refractivity contribution in [2.24, 2.45) is 0 Å². The highest BCUT2D eigenvalue weighted by atomic mass is 16.5. The number of benzene rings is 1. The fourth-order valence-corrected chi connectivity index (χ4v) is 2.57. The molecule has 0 saturated carbocycles. The number of oxazole rings is 1. The number of morpholine rings is 1. The third kappa shape index (κ3) is 3.94. The second-order valence-electron chi connectivity index (χ2n) is 5.90. The highest BCUT2D eigenvalue weighted by Crippen LogP contribution is 2.19. The smallest absolute Gasteiger partial charge is 0.226 e. The lowest BCUT2D eigenvalue weighted by Gasteiger charge is -2.30. The summed E-state index contributed by atoms with van der Waals surface area (Å²) in [6.07, 6.45) is 1.97. The monoisotopic (exact) mass is 301 g/mol. The van der Waals surface area contributed by atoms with Crippen molar-refractivity contribution in [3.63, 3.8) is 0 Å². The van der Waals surface area contributed by atoms with E-state index in [0.29, 0.717) is 12.4 Å².